The molecule has 2 aliphatic heterocycles. The van der Waals surface area contributed by atoms with Gasteiger partial charge in [0.25, 0.3) is 5.91 Å². The number of azide groups is 1. The second kappa shape index (κ2) is 16.6. The van der Waals surface area contributed by atoms with E-state index in [0.717, 1.165) is 76.2 Å². The van der Waals surface area contributed by atoms with Gasteiger partial charge in [-0.05, 0) is 95.0 Å². The van der Waals surface area contributed by atoms with Crippen molar-refractivity contribution in [3.63, 3.8) is 0 Å². The van der Waals surface area contributed by atoms with Gasteiger partial charge in [-0.1, -0.05) is 37.2 Å². The van der Waals surface area contributed by atoms with Crippen LogP contribution in [0, 0.1) is 0 Å². The molecule has 2 N–H and O–H groups in total. The summed E-state index contributed by atoms with van der Waals surface area (Å²) < 4.78 is 5.70. The molecule has 1 aliphatic carbocycles. The number of nitrogens with zero attached hydrogens (tertiary/aromatic N) is 5. The molecule has 47 heavy (non-hydrogen) atoms. The Kier molecular flexibility index (Phi) is 12.6. The van der Waals surface area contributed by atoms with E-state index in [9.17, 15) is 24.0 Å². The van der Waals surface area contributed by atoms with Crippen molar-refractivity contribution in [1.82, 2.24) is 15.1 Å². The fourth-order valence-corrected chi connectivity index (χ4v) is 6.63. The third-order valence-corrected chi connectivity index (χ3v) is 9.06. The van der Waals surface area contributed by atoms with Crippen LogP contribution in [0.2, 0.25) is 0 Å². The van der Waals surface area contributed by atoms with Gasteiger partial charge in [0.15, 0.2) is 0 Å². The zero-order valence-electron chi connectivity index (χ0n) is 28.0. The van der Waals surface area contributed by atoms with Crippen LogP contribution in [0.25, 0.3) is 10.4 Å². The van der Waals surface area contributed by atoms with Gasteiger partial charge in [-0.2, -0.15) is 0 Å². The van der Waals surface area contributed by atoms with Gasteiger partial charge >= 0.3 is 6.09 Å². The molecule has 0 bridgehead atoms. The minimum atomic E-state index is -0.667. The van der Waals surface area contributed by atoms with Crippen LogP contribution in [0.3, 0.4) is 0 Å². The van der Waals surface area contributed by atoms with Crippen LogP contribution in [0.4, 0.5) is 10.5 Å². The normalized spacial score (nSPS) is 21.0. The molecule has 0 radical (unpaired) electrons. The lowest BCUT2D eigenvalue weighted by Crippen LogP contribution is -2.52. The van der Waals surface area contributed by atoms with Crippen LogP contribution in [0.5, 0.6) is 0 Å². The number of hydrogen-bond acceptors (Lipinski definition) is 7. The van der Waals surface area contributed by atoms with E-state index in [-0.39, 0.29) is 48.9 Å². The van der Waals surface area contributed by atoms with E-state index in [2.05, 4.69) is 20.7 Å². The van der Waals surface area contributed by atoms with E-state index < -0.39 is 17.6 Å². The number of unbranched alkanes of at least 4 members (excludes halogenated alkanes) is 6. The summed E-state index contributed by atoms with van der Waals surface area (Å²) in [5.41, 5.74) is 10.1. The molecular weight excluding hydrogens is 602 g/mol. The molecule has 13 nitrogen and oxygen atoms in total. The fraction of sp³-hybridized carbons (Fsp3) is 0.676. The molecular formula is C34H49N7O6. The van der Waals surface area contributed by atoms with Crippen LogP contribution in [0.1, 0.15) is 127 Å². The van der Waals surface area contributed by atoms with Gasteiger partial charge in [0.05, 0.1) is 0 Å². The molecule has 1 unspecified atom stereocenters. The minimum absolute atomic E-state index is 0.00808. The SMILES string of the molecule is CC(C)(C)OC(=O)N(CCCCCCCCCC(=O)Nc1ccc2c(c1)CN(C1CCC(=O)NC1=O)C2=O)C1CCC(N=[N+]=[N-])CC1. The number of imide groups is 1. The minimum Gasteiger partial charge on any atom is -0.444 e. The molecule has 1 saturated carbocycles. The zero-order valence-corrected chi connectivity index (χ0v) is 28.0. The quantitative estimate of drug-likeness (QED) is 0.0778. The van der Waals surface area contributed by atoms with E-state index in [1.54, 1.807) is 18.2 Å². The highest BCUT2D eigenvalue weighted by atomic mass is 16.6. The summed E-state index contributed by atoms with van der Waals surface area (Å²) in [6.45, 7) is 6.55. The summed E-state index contributed by atoms with van der Waals surface area (Å²) in [4.78, 5) is 68.5. The first kappa shape index (κ1) is 35.7. The smallest absolute Gasteiger partial charge is 0.410 e. The number of ether oxygens (including phenoxy) is 1. The molecule has 2 fully saturated rings. The van der Waals surface area contributed by atoms with Crippen molar-refractivity contribution < 1.29 is 28.7 Å². The van der Waals surface area contributed by atoms with Crippen LogP contribution in [0.15, 0.2) is 23.3 Å². The molecule has 2 heterocycles. The molecule has 0 aromatic heterocycles. The monoisotopic (exact) mass is 651 g/mol. The fourth-order valence-electron chi connectivity index (χ4n) is 6.63. The number of piperidine rings is 1. The first-order valence-corrected chi connectivity index (χ1v) is 17.1. The van der Waals surface area contributed by atoms with Gasteiger partial charge in [-0.3, -0.25) is 24.5 Å². The van der Waals surface area contributed by atoms with Crippen molar-refractivity contribution in [3.8, 4) is 0 Å². The van der Waals surface area contributed by atoms with Gasteiger partial charge in [0.1, 0.15) is 11.6 Å². The third-order valence-electron chi connectivity index (χ3n) is 9.06. The largest absolute Gasteiger partial charge is 0.444 e. The van der Waals surface area contributed by atoms with E-state index in [1.165, 1.54) is 4.90 Å². The highest BCUT2D eigenvalue weighted by molar-refractivity contribution is 6.05. The highest BCUT2D eigenvalue weighted by Crippen LogP contribution is 2.30. The summed E-state index contributed by atoms with van der Waals surface area (Å²) in [5.74, 6) is -1.08. The summed E-state index contributed by atoms with van der Waals surface area (Å²) in [6, 6.07) is 4.63. The highest BCUT2D eigenvalue weighted by Gasteiger charge is 2.39. The lowest BCUT2D eigenvalue weighted by molar-refractivity contribution is -0.137. The van der Waals surface area contributed by atoms with Gasteiger partial charge in [-0.15, -0.1) is 0 Å². The molecule has 1 aromatic rings. The third kappa shape index (κ3) is 10.4. The Morgan fingerprint density at radius 1 is 1.02 bits per heavy atom. The van der Waals surface area contributed by atoms with Crippen molar-refractivity contribution in [2.45, 2.75) is 141 Å². The Hall–Kier alpha value is -4.12. The van der Waals surface area contributed by atoms with Gasteiger partial charge in [0, 0.05) is 54.2 Å². The van der Waals surface area contributed by atoms with Gasteiger partial charge in [-0.25, -0.2) is 4.79 Å². The number of amides is 5. The van der Waals surface area contributed by atoms with Crippen molar-refractivity contribution in [2.75, 3.05) is 11.9 Å². The van der Waals surface area contributed by atoms with E-state index >= 15 is 0 Å². The number of carbonyl (C=O) groups excluding carboxylic acids is 5. The number of fused-ring (bicyclic) bond motifs is 1. The van der Waals surface area contributed by atoms with E-state index in [4.69, 9.17) is 10.3 Å². The maximum absolute atomic E-state index is 13.0. The predicted molar refractivity (Wildman–Crippen MR) is 176 cm³/mol. The molecule has 3 aliphatic rings. The van der Waals surface area contributed by atoms with Crippen molar-refractivity contribution in [1.29, 1.82) is 0 Å². The summed E-state index contributed by atoms with van der Waals surface area (Å²) >= 11 is 0. The number of nitrogens with one attached hydrogen (secondary N) is 2. The zero-order chi connectivity index (χ0) is 34.0. The molecule has 1 atom stereocenters. The topological polar surface area (TPSA) is 174 Å². The Labute approximate surface area is 276 Å². The van der Waals surface area contributed by atoms with Crippen LogP contribution in [-0.2, 0) is 25.7 Å². The van der Waals surface area contributed by atoms with Crippen molar-refractivity contribution in [3.05, 3.63) is 39.8 Å². The van der Waals surface area contributed by atoms with Gasteiger partial charge < -0.3 is 19.9 Å². The van der Waals surface area contributed by atoms with Gasteiger partial charge in [0.2, 0.25) is 17.7 Å². The second-order valence-corrected chi connectivity index (χ2v) is 13.9. The molecule has 256 valence electrons. The Bertz CT molecular complexity index is 1360. The summed E-state index contributed by atoms with van der Waals surface area (Å²) in [5, 5.41) is 9.09. The number of hydrogen-bond donors (Lipinski definition) is 2. The average molecular weight is 652 g/mol. The average Bonchev–Trinajstić information content (AvgIpc) is 3.33. The maximum atomic E-state index is 13.0. The second-order valence-electron chi connectivity index (χ2n) is 13.9. The van der Waals surface area contributed by atoms with Crippen LogP contribution in [-0.4, -0.2) is 69.8 Å². The predicted octanol–water partition coefficient (Wildman–Crippen LogP) is 6.37. The number of carbonyl (C=O) groups is 5. The molecule has 1 saturated heterocycles. The molecule has 0 spiro atoms. The maximum Gasteiger partial charge on any atom is 0.410 e. The molecule has 5 amide bonds. The number of anilines is 1. The molecule has 13 heteroatoms. The number of benzene rings is 1. The van der Waals surface area contributed by atoms with Crippen molar-refractivity contribution >= 4 is 35.4 Å². The summed E-state index contributed by atoms with van der Waals surface area (Å²) in [7, 11) is 0. The Morgan fingerprint density at radius 3 is 2.36 bits per heavy atom. The Morgan fingerprint density at radius 2 is 1.70 bits per heavy atom. The first-order chi connectivity index (χ1) is 22.4. The molecule has 4 rings (SSSR count). The number of rotatable bonds is 14. The summed E-state index contributed by atoms with van der Waals surface area (Å²) in [6.07, 6.45) is 10.6. The Balaban J connectivity index is 1.11. The van der Waals surface area contributed by atoms with E-state index in [1.807, 2.05) is 25.7 Å². The first-order valence-electron chi connectivity index (χ1n) is 17.1. The van der Waals surface area contributed by atoms with Crippen LogP contribution < -0.4 is 10.6 Å². The standard InChI is InChI=1S/C34H49N7O6/c1-34(2,3)47-33(46)40(26-15-12-24(13-16-26)38-39-35)20-10-8-6-4-5-7-9-11-29(42)36-25-14-17-27-23(21-25)22-41(32(27)45)28-18-19-30(43)37-31(28)44/h14,17,21,24,26,28H,4-13,15-16,18-20,22H2,1-3H3,(H,36,42)(H,37,43,44). The molecule has 1 aromatic carbocycles. The van der Waals surface area contributed by atoms with Crippen LogP contribution >= 0.6 is 0 Å². The lowest BCUT2D eigenvalue weighted by Gasteiger charge is -2.37. The van der Waals surface area contributed by atoms with E-state index in [0.29, 0.717) is 30.6 Å². The lowest BCUT2D eigenvalue weighted by atomic mass is 9.90. The van der Waals surface area contributed by atoms with Crippen molar-refractivity contribution in [2.24, 2.45) is 5.11 Å².